The number of methoxy groups -OCH3 is 1. The molecule has 1 heterocycles. The highest BCUT2D eigenvalue weighted by Gasteiger charge is 2.09. The van der Waals surface area contributed by atoms with Gasteiger partial charge in [0.2, 0.25) is 0 Å². The van der Waals surface area contributed by atoms with Gasteiger partial charge in [-0.3, -0.25) is 10.3 Å². The highest BCUT2D eigenvalue weighted by atomic mass is 19.1. The van der Waals surface area contributed by atoms with Gasteiger partial charge >= 0.3 is 0 Å². The van der Waals surface area contributed by atoms with Crippen LogP contribution in [0.15, 0.2) is 30.6 Å². The quantitative estimate of drug-likeness (QED) is 0.842. The third kappa shape index (κ3) is 2.93. The largest absolute Gasteiger partial charge is 0.383 e. The molecule has 1 aromatic carbocycles. The molecular weight excluding hydrogens is 263 g/mol. The maximum absolute atomic E-state index is 13.2. The molecule has 20 heavy (non-hydrogen) atoms. The normalized spacial score (nSPS) is 10.3. The zero-order valence-corrected chi connectivity index (χ0v) is 10.8. The van der Waals surface area contributed by atoms with E-state index in [1.165, 1.54) is 29.1 Å². The summed E-state index contributed by atoms with van der Waals surface area (Å²) in [5.41, 5.74) is 0.957. The molecule has 2 aromatic rings. The number of rotatable bonds is 5. The van der Waals surface area contributed by atoms with E-state index in [4.69, 9.17) is 10.00 Å². The molecule has 1 N–H and O–H groups in total. The van der Waals surface area contributed by atoms with Gasteiger partial charge in [0.15, 0.2) is 0 Å². The fraction of sp³-hybridized carbons (Fsp3) is 0.231. The first-order valence-electron chi connectivity index (χ1n) is 5.85. The maximum Gasteiger partial charge on any atom is 0.141 e. The smallest absolute Gasteiger partial charge is 0.141 e. The minimum atomic E-state index is -0.576. The van der Waals surface area contributed by atoms with E-state index in [2.05, 4.69) is 5.10 Å². The average Bonchev–Trinajstić information content (AvgIpc) is 2.95. The Kier molecular flexibility index (Phi) is 4.30. The van der Waals surface area contributed by atoms with Crippen molar-refractivity contribution < 1.29 is 14.3 Å². The van der Waals surface area contributed by atoms with Crippen LogP contribution in [0.3, 0.4) is 0 Å². The van der Waals surface area contributed by atoms with Crippen molar-refractivity contribution in [3.63, 3.8) is 0 Å². The first-order valence-corrected chi connectivity index (χ1v) is 5.85. The highest BCUT2D eigenvalue weighted by molar-refractivity contribution is 5.46. The van der Waals surface area contributed by atoms with E-state index < -0.39 is 5.82 Å². The minimum absolute atomic E-state index is 0.0558. The standard InChI is InChI=1S/C13H13FN4O2/c1-20-5-4-18(19)12-8-16-17(9-12)11-2-3-13(14)10(6-11)7-15/h2-3,6,8-9,19H,4-5H2,1H3. The number of hydroxylamine groups is 1. The van der Waals surface area contributed by atoms with Crippen LogP contribution in [-0.4, -0.2) is 35.2 Å². The Bertz CT molecular complexity index is 636. The molecule has 0 bridgehead atoms. The van der Waals surface area contributed by atoms with Gasteiger partial charge in [0.05, 0.1) is 36.8 Å². The lowest BCUT2D eigenvalue weighted by Gasteiger charge is -2.13. The molecule has 0 saturated heterocycles. The van der Waals surface area contributed by atoms with E-state index >= 15 is 0 Å². The van der Waals surface area contributed by atoms with Gasteiger partial charge in [-0.15, -0.1) is 0 Å². The zero-order chi connectivity index (χ0) is 14.5. The SMILES string of the molecule is COCCN(O)c1cnn(-c2ccc(F)c(C#N)c2)c1. The molecule has 2 rings (SSSR count). The Hall–Kier alpha value is -2.43. The number of ether oxygens (including phenoxy) is 1. The van der Waals surface area contributed by atoms with Gasteiger partial charge < -0.3 is 4.74 Å². The average molecular weight is 276 g/mol. The lowest BCUT2D eigenvalue weighted by Crippen LogP contribution is -2.22. The lowest BCUT2D eigenvalue weighted by atomic mass is 10.2. The molecule has 0 atom stereocenters. The summed E-state index contributed by atoms with van der Waals surface area (Å²) >= 11 is 0. The molecule has 7 heteroatoms. The molecule has 0 fully saturated rings. The van der Waals surface area contributed by atoms with E-state index in [-0.39, 0.29) is 5.56 Å². The summed E-state index contributed by atoms with van der Waals surface area (Å²) < 4.78 is 19.6. The molecule has 0 aliphatic carbocycles. The molecule has 0 saturated carbocycles. The first kappa shape index (κ1) is 14.0. The third-order valence-corrected chi connectivity index (χ3v) is 2.71. The van der Waals surface area contributed by atoms with Crippen molar-refractivity contribution in [2.45, 2.75) is 0 Å². The van der Waals surface area contributed by atoms with E-state index in [9.17, 15) is 9.60 Å². The number of halogens is 1. The Morgan fingerprint density at radius 2 is 2.35 bits per heavy atom. The van der Waals surface area contributed by atoms with Crippen LogP contribution in [0.25, 0.3) is 5.69 Å². The van der Waals surface area contributed by atoms with Crippen molar-refractivity contribution in [1.29, 1.82) is 5.26 Å². The second kappa shape index (κ2) is 6.14. The summed E-state index contributed by atoms with van der Waals surface area (Å²) in [7, 11) is 1.54. The molecular formula is C13H13FN4O2. The topological polar surface area (TPSA) is 74.3 Å². The number of nitrogens with zero attached hydrogens (tertiary/aromatic N) is 4. The summed E-state index contributed by atoms with van der Waals surface area (Å²) in [6.07, 6.45) is 3.04. The monoisotopic (exact) mass is 276 g/mol. The van der Waals surface area contributed by atoms with Gasteiger partial charge in [0.1, 0.15) is 17.6 Å². The lowest BCUT2D eigenvalue weighted by molar-refractivity contribution is 0.166. The summed E-state index contributed by atoms with van der Waals surface area (Å²) in [5, 5.41) is 23.6. The molecule has 1 aromatic heterocycles. The van der Waals surface area contributed by atoms with E-state index in [0.717, 1.165) is 5.06 Å². The van der Waals surface area contributed by atoms with Gasteiger partial charge in [-0.2, -0.15) is 10.4 Å². The molecule has 0 unspecified atom stereocenters. The van der Waals surface area contributed by atoms with Crippen molar-refractivity contribution in [2.75, 3.05) is 25.3 Å². The summed E-state index contributed by atoms with van der Waals surface area (Å²) in [5.74, 6) is -0.576. The maximum atomic E-state index is 13.2. The van der Waals surface area contributed by atoms with Gasteiger partial charge in [0, 0.05) is 7.11 Å². The third-order valence-electron chi connectivity index (χ3n) is 2.71. The van der Waals surface area contributed by atoms with E-state index in [1.54, 1.807) is 19.4 Å². The van der Waals surface area contributed by atoms with Crippen LogP contribution in [0, 0.1) is 17.1 Å². The predicted molar refractivity (Wildman–Crippen MR) is 69.2 cm³/mol. The molecule has 0 spiro atoms. The Morgan fingerprint density at radius 3 is 3.05 bits per heavy atom. The molecule has 0 aliphatic heterocycles. The number of nitriles is 1. The fourth-order valence-electron chi connectivity index (χ4n) is 1.64. The van der Waals surface area contributed by atoms with Gasteiger partial charge in [-0.25, -0.2) is 9.07 Å². The predicted octanol–water partition coefficient (Wildman–Crippen LogP) is 1.73. The van der Waals surface area contributed by atoms with Crippen molar-refractivity contribution in [3.05, 3.63) is 42.0 Å². The van der Waals surface area contributed by atoms with Crippen molar-refractivity contribution in [1.82, 2.24) is 9.78 Å². The van der Waals surface area contributed by atoms with Crippen molar-refractivity contribution in [2.24, 2.45) is 0 Å². The van der Waals surface area contributed by atoms with Crippen LogP contribution in [0.5, 0.6) is 0 Å². The molecule has 104 valence electrons. The van der Waals surface area contributed by atoms with Crippen molar-refractivity contribution in [3.8, 4) is 11.8 Å². The van der Waals surface area contributed by atoms with E-state index in [0.29, 0.717) is 24.5 Å². The Balaban J connectivity index is 2.22. The van der Waals surface area contributed by atoms with Gasteiger partial charge in [0.25, 0.3) is 0 Å². The van der Waals surface area contributed by atoms with Gasteiger partial charge in [-0.05, 0) is 18.2 Å². The van der Waals surface area contributed by atoms with Crippen LogP contribution in [0.1, 0.15) is 5.56 Å². The second-order valence-corrected chi connectivity index (χ2v) is 4.03. The number of hydrogen-bond acceptors (Lipinski definition) is 5. The van der Waals surface area contributed by atoms with Gasteiger partial charge in [-0.1, -0.05) is 0 Å². The molecule has 0 radical (unpaired) electrons. The summed E-state index contributed by atoms with van der Waals surface area (Å²) in [6, 6.07) is 5.87. The molecule has 6 nitrogen and oxygen atoms in total. The number of anilines is 1. The minimum Gasteiger partial charge on any atom is -0.383 e. The number of hydrogen-bond donors (Lipinski definition) is 1. The van der Waals surface area contributed by atoms with Crippen LogP contribution in [0.4, 0.5) is 10.1 Å². The van der Waals surface area contributed by atoms with Crippen molar-refractivity contribution >= 4 is 5.69 Å². The Labute approximate surface area is 115 Å². The zero-order valence-electron chi connectivity index (χ0n) is 10.8. The van der Waals surface area contributed by atoms with Crippen LogP contribution >= 0.6 is 0 Å². The van der Waals surface area contributed by atoms with Crippen LogP contribution < -0.4 is 5.06 Å². The Morgan fingerprint density at radius 1 is 1.55 bits per heavy atom. The molecule has 0 amide bonds. The van der Waals surface area contributed by atoms with E-state index in [1.807, 2.05) is 0 Å². The number of aromatic nitrogens is 2. The second-order valence-electron chi connectivity index (χ2n) is 4.03. The summed E-state index contributed by atoms with van der Waals surface area (Å²) in [6.45, 7) is 0.672. The first-order chi connectivity index (χ1) is 9.65. The van der Waals surface area contributed by atoms with Crippen LogP contribution in [0.2, 0.25) is 0 Å². The fourth-order valence-corrected chi connectivity index (χ4v) is 1.64. The number of benzene rings is 1. The molecule has 0 aliphatic rings. The highest BCUT2D eigenvalue weighted by Crippen LogP contribution is 2.17. The summed E-state index contributed by atoms with van der Waals surface area (Å²) in [4.78, 5) is 0. The van der Waals surface area contributed by atoms with Crippen LogP contribution in [-0.2, 0) is 4.74 Å².